The number of piperidine rings is 3. The van der Waals surface area contributed by atoms with Gasteiger partial charge in [-0.1, -0.05) is 99.4 Å². The lowest BCUT2D eigenvalue weighted by molar-refractivity contribution is -0.118. The van der Waals surface area contributed by atoms with Gasteiger partial charge in [0, 0.05) is 181 Å². The van der Waals surface area contributed by atoms with Crippen LogP contribution in [0.3, 0.4) is 0 Å². The largest absolute Gasteiger partial charge is 0.371 e. The molecule has 0 saturated carbocycles. The van der Waals surface area contributed by atoms with E-state index in [9.17, 15) is 41.5 Å². The molecule has 8 aromatic carbocycles. The molecule has 0 radical (unpaired) electrons. The van der Waals surface area contributed by atoms with E-state index in [-0.39, 0.29) is 58.1 Å². The highest BCUT2D eigenvalue weighted by atomic mass is 19.1. The van der Waals surface area contributed by atoms with E-state index < -0.39 is 0 Å². The fraction of sp³-hybridized carbons (Fsp3) is 0.280. The number of carbonyl (C=O) groups is 5. The molecule has 4 aromatic heterocycles. The van der Waals surface area contributed by atoms with Crippen LogP contribution >= 0.6 is 0 Å². The Morgan fingerprint density at radius 3 is 1.13 bits per heavy atom. The van der Waals surface area contributed by atoms with Crippen molar-refractivity contribution in [2.45, 2.75) is 98.3 Å². The second-order valence-corrected chi connectivity index (χ2v) is 34.0. The molecule has 16 rings (SSSR count). The van der Waals surface area contributed by atoms with Crippen molar-refractivity contribution in [2.75, 3.05) is 98.1 Å². The lowest BCUT2D eigenvalue weighted by Gasteiger charge is -2.40. The van der Waals surface area contributed by atoms with Gasteiger partial charge in [0.1, 0.15) is 23.3 Å². The Kier molecular flexibility index (Phi) is 34.1. The van der Waals surface area contributed by atoms with Crippen molar-refractivity contribution in [1.29, 1.82) is 0 Å². The van der Waals surface area contributed by atoms with Crippen molar-refractivity contribution in [2.24, 2.45) is 17.3 Å². The molecule has 8 N–H and O–H groups in total. The van der Waals surface area contributed by atoms with Crippen molar-refractivity contribution in [1.82, 2.24) is 62.1 Å². The number of halogens is 4. The van der Waals surface area contributed by atoms with E-state index in [0.29, 0.717) is 84.4 Å². The number of carbonyl (C=O) groups excluding carboxylic acids is 5. The normalized spacial score (nSPS) is 14.9. The number of rotatable bonds is 22. The second kappa shape index (κ2) is 47.7. The summed E-state index contributed by atoms with van der Waals surface area (Å²) in [4.78, 5) is 72.0. The van der Waals surface area contributed by atoms with Gasteiger partial charge in [0.05, 0.1) is 54.1 Å². The Morgan fingerprint density at radius 1 is 0.417 bits per heavy atom. The number of nitrogens with zero attached hydrogens (tertiary/aromatic N) is 8. The predicted octanol–water partition coefficient (Wildman–Crippen LogP) is 17.3. The minimum atomic E-state index is -0.320. The number of aryl methyl sites for hydroxylation is 2. The molecule has 4 aliphatic heterocycles. The standard InChI is InChI=1S/C28H31FN4O.C28H29FN4O.C26H25FN4O2.C25H23FN4O/c1-28(2)14-4-16-33(20-28)26-13-10-24(27(34)30-15-3-5-22-18-31-32-19-22)17-23(26)9-6-21-7-11-25(29)12-8-21;1-20-14-21(2)19-33(18-20)27-12-9-25(28(34)30-13-3-4-23-16-31-32-17-23)15-24(27)8-5-22-6-10-26(29)11-7-22;27-23-10-6-19(7-11-23)5-8-21-15-22(9-12-25(21)31-14-2-4-24(32)18-31)26(33)28-13-1-3-20-16-29-30-17-20;26-23-10-6-19(7-11-23)5-8-21-16-22(9-12-24(21)30-14-1-2-15-30)25(31)27-13-3-4-20-17-28-29-18-20/h7-8,10-13,17-19H,3-5,14-16,20H2,1-2H3,(H,30,34)(H,31,32);3-4,6-7,9-12,15-17,20-21H,13-14,18-19H2,1-2H3,(H,30,34)(H,31,32);6-7,9-12,15-17H,1-4,13-14,18H2,(H,28,33)(H,29,30);3-4,6-7,9-12,16-18H,1-2,13-15H2,(H,27,31)(H,28,29)/b;4-3+;;4-3+/t;20-,21+;;. The predicted molar refractivity (Wildman–Crippen MR) is 512 cm³/mol. The third kappa shape index (κ3) is 29.2. The van der Waals surface area contributed by atoms with Crippen molar-refractivity contribution in [3.05, 3.63) is 344 Å². The van der Waals surface area contributed by atoms with Crippen LogP contribution < -0.4 is 40.9 Å². The van der Waals surface area contributed by atoms with Gasteiger partial charge in [-0.25, -0.2) is 17.6 Å². The first kappa shape index (κ1) is 94.4. The maximum atomic E-state index is 13.3. The van der Waals surface area contributed by atoms with Crippen LogP contribution in [0.1, 0.15) is 194 Å². The molecule has 21 nitrogen and oxygen atoms in total. The summed E-state index contributed by atoms with van der Waals surface area (Å²) in [5.74, 6) is 24.8. The van der Waals surface area contributed by atoms with Crippen molar-refractivity contribution < 1.29 is 41.5 Å². The Bertz CT molecular complexity index is 6170. The molecule has 8 heterocycles. The molecule has 132 heavy (non-hydrogen) atoms. The van der Waals surface area contributed by atoms with E-state index >= 15 is 0 Å². The maximum Gasteiger partial charge on any atom is 0.251 e. The summed E-state index contributed by atoms with van der Waals surface area (Å²) >= 11 is 0. The van der Waals surface area contributed by atoms with Crippen molar-refractivity contribution in [3.8, 4) is 47.4 Å². The van der Waals surface area contributed by atoms with Crippen LogP contribution in [-0.2, 0) is 17.6 Å². The highest BCUT2D eigenvalue weighted by Crippen LogP contribution is 2.35. The number of ketones is 1. The summed E-state index contributed by atoms with van der Waals surface area (Å²) in [6.07, 6.45) is 32.3. The Balaban J connectivity index is 0.000000150. The SMILES string of the molecule is CC1(C)CCCN(c2ccc(C(=O)NCCCc3cn[nH]c3)cc2C#Cc2ccc(F)cc2)C1.C[C@@H]1C[C@H](C)CN(c2ccc(C(=O)NC/C=C/c3cn[nH]c3)cc2C#Cc2ccc(F)cc2)C1.O=C(NC/C=C/c1cn[nH]c1)c1ccc(N2CCCC2)c(C#Cc2ccc(F)cc2)c1.O=C1CCCN(c2ccc(C(=O)NCCCc3cn[nH]c3)cc2C#Cc2ccc(F)cc2)C1. The molecule has 4 fully saturated rings. The number of anilines is 4. The summed E-state index contributed by atoms with van der Waals surface area (Å²) in [5.41, 5.74) is 16.4. The maximum absolute atomic E-state index is 13.3. The Hall–Kier alpha value is -15.2. The molecule has 0 aliphatic carbocycles. The monoisotopic (exact) mass is 1770 g/mol. The third-order valence-corrected chi connectivity index (χ3v) is 22.7. The first-order valence-corrected chi connectivity index (χ1v) is 44.7. The van der Waals surface area contributed by atoms with Gasteiger partial charge in [-0.2, -0.15) is 20.4 Å². The number of hydrogen-bond donors (Lipinski definition) is 8. The first-order chi connectivity index (χ1) is 64.1. The van der Waals surface area contributed by atoms with Crippen LogP contribution in [0.15, 0.2) is 232 Å². The number of hydrogen-bond acceptors (Lipinski definition) is 13. The summed E-state index contributed by atoms with van der Waals surface area (Å²) in [6, 6.07) is 46.8. The summed E-state index contributed by atoms with van der Waals surface area (Å²) in [7, 11) is 0. The minimum absolute atomic E-state index is 0.109. The average Bonchev–Trinajstić information content (AvgIpc) is 1.19. The van der Waals surface area contributed by atoms with Gasteiger partial charge in [0.2, 0.25) is 0 Å². The topological polar surface area (TPSA) is 261 Å². The highest BCUT2D eigenvalue weighted by Gasteiger charge is 2.29. The van der Waals surface area contributed by atoms with Crippen LogP contribution in [0, 0.1) is 87.9 Å². The number of H-pyrrole nitrogens is 4. The molecule has 4 amide bonds. The van der Waals surface area contributed by atoms with Crippen molar-refractivity contribution >= 4 is 64.3 Å². The van der Waals surface area contributed by atoms with Crippen LogP contribution in [0.4, 0.5) is 40.3 Å². The molecule has 674 valence electrons. The average molecular weight is 1770 g/mol. The molecule has 0 unspecified atom stereocenters. The van der Waals surface area contributed by atoms with E-state index in [4.69, 9.17) is 0 Å². The van der Waals surface area contributed by atoms with Crippen LogP contribution in [0.25, 0.3) is 12.2 Å². The molecule has 0 bridgehead atoms. The van der Waals surface area contributed by atoms with E-state index in [1.165, 1.54) is 61.4 Å². The second-order valence-electron chi connectivity index (χ2n) is 34.0. The number of aromatic amines is 4. The number of benzene rings is 8. The molecule has 2 atom stereocenters. The lowest BCUT2D eigenvalue weighted by atomic mass is 9.83. The van der Waals surface area contributed by atoms with Gasteiger partial charge in [-0.15, -0.1) is 0 Å². The molecular weight excluding hydrogens is 1670 g/mol. The molecule has 25 heteroatoms. The zero-order valence-corrected chi connectivity index (χ0v) is 74.6. The van der Waals surface area contributed by atoms with Crippen LogP contribution in [0.2, 0.25) is 0 Å². The number of amides is 4. The molecule has 0 spiro atoms. The summed E-state index contributed by atoms with van der Waals surface area (Å²) < 4.78 is 52.9. The first-order valence-electron chi connectivity index (χ1n) is 44.7. The number of nitrogens with one attached hydrogen (secondary N) is 8. The Labute approximate surface area is 768 Å². The smallest absolute Gasteiger partial charge is 0.251 e. The van der Waals surface area contributed by atoms with Gasteiger partial charge in [0.15, 0.2) is 5.78 Å². The molecule has 4 aliphatic rings. The molecule has 4 saturated heterocycles. The minimum Gasteiger partial charge on any atom is -0.371 e. The van der Waals surface area contributed by atoms with Crippen LogP contribution in [0.5, 0.6) is 0 Å². The molecule has 12 aromatic rings. The Morgan fingerprint density at radius 2 is 0.765 bits per heavy atom. The van der Waals surface area contributed by atoms with Gasteiger partial charge in [-0.3, -0.25) is 44.4 Å². The zero-order chi connectivity index (χ0) is 92.4. The lowest BCUT2D eigenvalue weighted by Crippen LogP contribution is -2.40. The van der Waals surface area contributed by atoms with Gasteiger partial charge >= 0.3 is 0 Å². The number of aromatic nitrogens is 8. The summed E-state index contributed by atoms with van der Waals surface area (Å²) in [6.45, 7) is 17.9. The number of Topliss-reactive ketones (excluding diaryl/α,β-unsaturated/α-hetero) is 1. The fourth-order valence-corrected chi connectivity index (χ4v) is 16.0. The van der Waals surface area contributed by atoms with Crippen molar-refractivity contribution in [3.63, 3.8) is 0 Å². The fourth-order valence-electron chi connectivity index (χ4n) is 16.0. The van der Waals surface area contributed by atoms with E-state index in [1.807, 2.05) is 102 Å². The van der Waals surface area contributed by atoms with E-state index in [1.54, 1.807) is 97.8 Å². The van der Waals surface area contributed by atoms with Gasteiger partial charge in [0.25, 0.3) is 23.6 Å². The third-order valence-electron chi connectivity index (χ3n) is 22.7. The molecular formula is C107H108F4N16O5. The zero-order valence-electron chi connectivity index (χ0n) is 74.6. The quantitative estimate of drug-likeness (QED) is 0.0179. The highest BCUT2D eigenvalue weighted by molar-refractivity contribution is 5.98. The summed E-state index contributed by atoms with van der Waals surface area (Å²) in [5, 5.41) is 38.5. The van der Waals surface area contributed by atoms with Crippen LogP contribution in [-0.4, -0.2) is 149 Å². The van der Waals surface area contributed by atoms with E-state index in [2.05, 4.69) is 152 Å². The van der Waals surface area contributed by atoms with E-state index in [0.717, 1.165) is 176 Å². The van der Waals surface area contributed by atoms with Gasteiger partial charge < -0.3 is 40.9 Å². The van der Waals surface area contributed by atoms with Gasteiger partial charge in [-0.05, 0) is 262 Å².